The highest BCUT2D eigenvalue weighted by Crippen LogP contribution is 2.23. The van der Waals surface area contributed by atoms with Gasteiger partial charge in [-0.15, -0.1) is 0 Å². The van der Waals surface area contributed by atoms with Crippen LogP contribution in [0.2, 0.25) is 0 Å². The van der Waals surface area contributed by atoms with Crippen molar-refractivity contribution in [3.8, 4) is 0 Å². The van der Waals surface area contributed by atoms with Gasteiger partial charge in [0.2, 0.25) is 0 Å². The van der Waals surface area contributed by atoms with Gasteiger partial charge in [-0.05, 0) is 44.1 Å². The molecule has 150 valence electrons. The standard InChI is InChI=1S/C25H28N2O2/c28-22(18-26-15-7-2-8-16-26)19-27-17-21(23-11-5-6-12-24(23)27)13-14-25(29)20-9-3-1-4-10-20/h1,3-6,9-14,17,22,28H,2,7-8,15-16,18-19H2/b14-13-/t22-/m0/s1. The fraction of sp³-hybridized carbons (Fsp3) is 0.320. The van der Waals surface area contributed by atoms with E-state index in [2.05, 4.69) is 21.6 Å². The van der Waals surface area contributed by atoms with Crippen molar-refractivity contribution in [3.05, 3.63) is 78.0 Å². The molecule has 4 heteroatoms. The normalized spacial score (nSPS) is 16.4. The second-order valence-electron chi connectivity index (χ2n) is 7.83. The number of likely N-dealkylation sites (tertiary alicyclic amines) is 1. The third-order valence-corrected chi connectivity index (χ3v) is 5.62. The van der Waals surface area contributed by atoms with Crippen LogP contribution < -0.4 is 0 Å². The first-order valence-electron chi connectivity index (χ1n) is 10.5. The van der Waals surface area contributed by atoms with Crippen molar-refractivity contribution in [1.29, 1.82) is 0 Å². The molecule has 1 aliphatic rings. The molecule has 0 amide bonds. The number of carbonyl (C=O) groups is 1. The minimum atomic E-state index is -0.410. The molecule has 3 aromatic rings. The van der Waals surface area contributed by atoms with Crippen LogP contribution in [-0.2, 0) is 6.54 Å². The summed E-state index contributed by atoms with van der Waals surface area (Å²) in [5.74, 6) is -0.00688. The lowest BCUT2D eigenvalue weighted by atomic mass is 10.1. The van der Waals surface area contributed by atoms with E-state index in [-0.39, 0.29) is 5.78 Å². The van der Waals surface area contributed by atoms with Crippen LogP contribution in [-0.4, -0.2) is 46.1 Å². The van der Waals surface area contributed by atoms with E-state index < -0.39 is 6.10 Å². The lowest BCUT2D eigenvalue weighted by Gasteiger charge is -2.28. The fourth-order valence-electron chi connectivity index (χ4n) is 4.15. The molecule has 1 aromatic heterocycles. The molecule has 0 spiro atoms. The van der Waals surface area contributed by atoms with Crippen molar-refractivity contribution in [2.45, 2.75) is 31.9 Å². The number of hydrogen-bond acceptors (Lipinski definition) is 3. The maximum Gasteiger partial charge on any atom is 0.185 e. The number of aromatic nitrogens is 1. The molecule has 1 N–H and O–H groups in total. The summed E-state index contributed by atoms with van der Waals surface area (Å²) in [4.78, 5) is 14.8. The van der Waals surface area contributed by atoms with Crippen molar-refractivity contribution < 1.29 is 9.90 Å². The van der Waals surface area contributed by atoms with Gasteiger partial charge in [-0.1, -0.05) is 55.0 Å². The topological polar surface area (TPSA) is 45.5 Å². The average molecular weight is 389 g/mol. The molecule has 1 atom stereocenters. The van der Waals surface area contributed by atoms with Gasteiger partial charge in [0.25, 0.3) is 0 Å². The lowest BCUT2D eigenvalue weighted by Crippen LogP contribution is -2.37. The van der Waals surface area contributed by atoms with Gasteiger partial charge >= 0.3 is 0 Å². The quantitative estimate of drug-likeness (QED) is 0.482. The number of benzene rings is 2. The number of aliphatic hydroxyl groups excluding tert-OH is 1. The smallest absolute Gasteiger partial charge is 0.185 e. The van der Waals surface area contributed by atoms with Crippen LogP contribution in [0.4, 0.5) is 0 Å². The first-order valence-corrected chi connectivity index (χ1v) is 10.5. The molecule has 0 aliphatic carbocycles. The predicted octanol–water partition coefficient (Wildman–Crippen LogP) is 4.38. The summed E-state index contributed by atoms with van der Waals surface area (Å²) in [7, 11) is 0. The lowest BCUT2D eigenvalue weighted by molar-refractivity contribution is 0.0892. The molecule has 2 heterocycles. The van der Waals surface area contributed by atoms with Crippen LogP contribution >= 0.6 is 0 Å². The second kappa shape index (κ2) is 9.21. The molecule has 1 fully saturated rings. The van der Waals surface area contributed by atoms with Gasteiger partial charge in [-0.3, -0.25) is 4.79 Å². The van der Waals surface area contributed by atoms with Crippen LogP contribution in [0, 0.1) is 0 Å². The van der Waals surface area contributed by atoms with Gasteiger partial charge in [0.1, 0.15) is 0 Å². The summed E-state index contributed by atoms with van der Waals surface area (Å²) < 4.78 is 2.11. The first-order chi connectivity index (χ1) is 14.2. The van der Waals surface area contributed by atoms with E-state index in [4.69, 9.17) is 0 Å². The Hall–Kier alpha value is -2.69. The van der Waals surface area contributed by atoms with Gasteiger partial charge in [-0.25, -0.2) is 0 Å². The third-order valence-electron chi connectivity index (χ3n) is 5.62. The van der Waals surface area contributed by atoms with Crippen molar-refractivity contribution in [2.75, 3.05) is 19.6 Å². The Labute approximate surface area is 172 Å². The zero-order valence-corrected chi connectivity index (χ0v) is 16.7. The second-order valence-corrected chi connectivity index (χ2v) is 7.83. The Bertz CT molecular complexity index is 984. The van der Waals surface area contributed by atoms with E-state index in [9.17, 15) is 9.90 Å². The SMILES string of the molecule is O=C(/C=C\c1cn(C[C@@H](O)CN2CCCCC2)c2ccccc12)c1ccccc1. The van der Waals surface area contributed by atoms with Gasteiger partial charge in [0.05, 0.1) is 6.10 Å². The highest BCUT2D eigenvalue weighted by Gasteiger charge is 2.16. The summed E-state index contributed by atoms with van der Waals surface area (Å²) >= 11 is 0. The largest absolute Gasteiger partial charge is 0.390 e. The van der Waals surface area contributed by atoms with E-state index >= 15 is 0 Å². The zero-order chi connectivity index (χ0) is 20.1. The van der Waals surface area contributed by atoms with Gasteiger partial charge < -0.3 is 14.6 Å². The van der Waals surface area contributed by atoms with E-state index in [1.54, 1.807) is 6.08 Å². The molecular weight excluding hydrogens is 360 g/mol. The van der Waals surface area contributed by atoms with Crippen molar-refractivity contribution in [2.24, 2.45) is 0 Å². The Morgan fingerprint density at radius 1 is 0.966 bits per heavy atom. The maximum absolute atomic E-state index is 12.4. The minimum absolute atomic E-state index is 0.00688. The number of piperidine rings is 1. The first kappa shape index (κ1) is 19.6. The summed E-state index contributed by atoms with van der Waals surface area (Å²) in [6.07, 6.45) is 8.89. The number of fused-ring (bicyclic) bond motifs is 1. The number of para-hydroxylation sites is 1. The number of allylic oxidation sites excluding steroid dienone is 1. The molecule has 2 aromatic carbocycles. The van der Waals surface area contributed by atoms with E-state index in [0.717, 1.165) is 29.6 Å². The predicted molar refractivity (Wildman–Crippen MR) is 118 cm³/mol. The van der Waals surface area contributed by atoms with Crippen molar-refractivity contribution in [3.63, 3.8) is 0 Å². The number of aliphatic hydroxyl groups is 1. The monoisotopic (exact) mass is 388 g/mol. The molecule has 1 saturated heterocycles. The van der Waals surface area contributed by atoms with Gasteiger partial charge in [0, 0.05) is 41.3 Å². The Morgan fingerprint density at radius 3 is 2.48 bits per heavy atom. The molecule has 0 bridgehead atoms. The Morgan fingerprint density at radius 2 is 1.69 bits per heavy atom. The van der Waals surface area contributed by atoms with Crippen LogP contribution in [0.1, 0.15) is 35.2 Å². The van der Waals surface area contributed by atoms with Crippen LogP contribution in [0.5, 0.6) is 0 Å². The highest BCUT2D eigenvalue weighted by atomic mass is 16.3. The molecule has 4 rings (SSSR count). The van der Waals surface area contributed by atoms with Crippen LogP contribution in [0.15, 0.2) is 66.9 Å². The number of rotatable bonds is 7. The Kier molecular flexibility index (Phi) is 6.23. The summed E-state index contributed by atoms with van der Waals surface area (Å²) in [6.45, 7) is 3.43. The summed E-state index contributed by atoms with van der Waals surface area (Å²) in [5, 5.41) is 11.7. The summed E-state index contributed by atoms with van der Waals surface area (Å²) in [5.41, 5.74) is 2.76. The molecule has 29 heavy (non-hydrogen) atoms. The third kappa shape index (κ3) is 4.84. The number of carbonyl (C=O) groups excluding carboxylic acids is 1. The molecule has 0 unspecified atom stereocenters. The van der Waals surface area contributed by atoms with Crippen molar-refractivity contribution >= 4 is 22.8 Å². The molecule has 0 saturated carbocycles. The molecule has 0 radical (unpaired) electrons. The average Bonchev–Trinajstić information content (AvgIpc) is 3.11. The maximum atomic E-state index is 12.4. The minimum Gasteiger partial charge on any atom is -0.390 e. The zero-order valence-electron chi connectivity index (χ0n) is 16.7. The van der Waals surface area contributed by atoms with E-state index in [1.807, 2.05) is 54.7 Å². The number of β-amino-alcohol motifs (C(OH)–C–C–N with tert-alkyl or cyclic N) is 1. The van der Waals surface area contributed by atoms with E-state index in [1.165, 1.54) is 19.3 Å². The molecule has 4 nitrogen and oxygen atoms in total. The fourth-order valence-corrected chi connectivity index (χ4v) is 4.15. The van der Waals surface area contributed by atoms with Gasteiger partial charge in [-0.2, -0.15) is 0 Å². The van der Waals surface area contributed by atoms with Crippen molar-refractivity contribution in [1.82, 2.24) is 9.47 Å². The highest BCUT2D eigenvalue weighted by molar-refractivity contribution is 6.07. The van der Waals surface area contributed by atoms with E-state index in [0.29, 0.717) is 18.7 Å². The van der Waals surface area contributed by atoms with Crippen LogP contribution in [0.25, 0.3) is 17.0 Å². The van der Waals surface area contributed by atoms with Gasteiger partial charge in [0.15, 0.2) is 5.78 Å². The number of nitrogens with zero attached hydrogens (tertiary/aromatic N) is 2. The number of ketones is 1. The van der Waals surface area contributed by atoms with Crippen LogP contribution in [0.3, 0.4) is 0 Å². The molecular formula is C25H28N2O2. The summed E-state index contributed by atoms with van der Waals surface area (Å²) in [6, 6.07) is 17.5. The molecule has 1 aliphatic heterocycles. The Balaban J connectivity index is 1.52. The number of hydrogen-bond donors (Lipinski definition) is 1.